The highest BCUT2D eigenvalue weighted by Gasteiger charge is 2.02. The molecule has 2 aromatic rings. The van der Waals surface area contributed by atoms with Crippen molar-refractivity contribution in [2.24, 2.45) is 0 Å². The van der Waals surface area contributed by atoms with Gasteiger partial charge in [-0.2, -0.15) is 14.8 Å². The van der Waals surface area contributed by atoms with Crippen molar-refractivity contribution in [1.82, 2.24) is 14.8 Å². The first-order valence-electron chi connectivity index (χ1n) is 3.69. The molecule has 0 fully saturated rings. The molecule has 66 valence electrons. The van der Waals surface area contributed by atoms with Gasteiger partial charge >= 0.3 is 0 Å². The minimum Gasteiger partial charge on any atom is -0.368 e. The normalized spacial score (nSPS) is 10.2. The molecule has 1 heterocycles. The summed E-state index contributed by atoms with van der Waals surface area (Å²) >= 11 is 0. The van der Waals surface area contributed by atoms with Crippen molar-refractivity contribution >= 4 is 5.95 Å². The van der Waals surface area contributed by atoms with E-state index in [1.807, 2.05) is 0 Å². The minimum absolute atomic E-state index is 0.241. The van der Waals surface area contributed by atoms with Crippen molar-refractivity contribution < 1.29 is 4.39 Å². The molecule has 4 nitrogen and oxygen atoms in total. The monoisotopic (exact) mass is 178 g/mol. The number of benzene rings is 1. The van der Waals surface area contributed by atoms with E-state index in [1.165, 1.54) is 23.1 Å². The van der Waals surface area contributed by atoms with Crippen LogP contribution in [0, 0.1) is 5.82 Å². The summed E-state index contributed by atoms with van der Waals surface area (Å²) in [4.78, 5) is 3.73. The van der Waals surface area contributed by atoms with Crippen LogP contribution in [0.1, 0.15) is 0 Å². The largest absolute Gasteiger partial charge is 0.368 e. The second-order valence-electron chi connectivity index (χ2n) is 2.51. The molecule has 5 heteroatoms. The lowest BCUT2D eigenvalue weighted by Gasteiger charge is -2.01. The highest BCUT2D eigenvalue weighted by Crippen LogP contribution is 2.10. The van der Waals surface area contributed by atoms with Gasteiger partial charge in [0.15, 0.2) is 0 Å². The molecule has 0 saturated carbocycles. The van der Waals surface area contributed by atoms with E-state index in [1.54, 1.807) is 12.1 Å². The summed E-state index contributed by atoms with van der Waals surface area (Å²) in [7, 11) is 0. The lowest BCUT2D eigenvalue weighted by molar-refractivity contribution is 0.625. The third-order valence-electron chi connectivity index (χ3n) is 1.63. The van der Waals surface area contributed by atoms with Gasteiger partial charge in [-0.1, -0.05) is 6.07 Å². The molecule has 0 radical (unpaired) electrons. The molecule has 0 amide bonds. The summed E-state index contributed by atoms with van der Waals surface area (Å²) in [6.07, 6.45) is 1.32. The van der Waals surface area contributed by atoms with Gasteiger partial charge < -0.3 is 5.73 Å². The van der Waals surface area contributed by atoms with E-state index in [-0.39, 0.29) is 11.8 Å². The highest BCUT2D eigenvalue weighted by molar-refractivity contribution is 5.36. The number of anilines is 1. The molecule has 2 rings (SSSR count). The van der Waals surface area contributed by atoms with Crippen LogP contribution >= 0.6 is 0 Å². The van der Waals surface area contributed by atoms with Crippen LogP contribution in [0.3, 0.4) is 0 Å². The van der Waals surface area contributed by atoms with Gasteiger partial charge in [0.2, 0.25) is 5.95 Å². The number of nitrogens with two attached hydrogens (primary N) is 1. The average Bonchev–Trinajstić information content (AvgIpc) is 2.51. The van der Waals surface area contributed by atoms with Gasteiger partial charge in [-0.05, 0) is 18.2 Å². The molecule has 0 aliphatic heterocycles. The second-order valence-corrected chi connectivity index (χ2v) is 2.51. The van der Waals surface area contributed by atoms with Gasteiger partial charge in [-0.15, -0.1) is 0 Å². The summed E-state index contributed by atoms with van der Waals surface area (Å²) in [5.41, 5.74) is 6.05. The maximum Gasteiger partial charge on any atom is 0.223 e. The van der Waals surface area contributed by atoms with Gasteiger partial charge in [-0.25, -0.2) is 4.39 Å². The molecule has 13 heavy (non-hydrogen) atoms. The Bertz CT molecular complexity index is 424. The van der Waals surface area contributed by atoms with Gasteiger partial charge in [0.1, 0.15) is 12.1 Å². The molecular formula is C8H7FN4. The molecule has 2 N–H and O–H groups in total. The summed E-state index contributed by atoms with van der Waals surface area (Å²) in [6, 6.07) is 5.99. The van der Waals surface area contributed by atoms with Crippen LogP contribution < -0.4 is 5.73 Å². The van der Waals surface area contributed by atoms with Crippen molar-refractivity contribution in [2.75, 3.05) is 5.73 Å². The van der Waals surface area contributed by atoms with E-state index in [9.17, 15) is 4.39 Å². The van der Waals surface area contributed by atoms with Crippen LogP contribution in [0.15, 0.2) is 30.6 Å². The molecule has 0 spiro atoms. The fourth-order valence-corrected chi connectivity index (χ4v) is 1.06. The number of nitrogens with zero attached hydrogens (tertiary/aromatic N) is 3. The minimum atomic E-state index is -0.326. The zero-order valence-electron chi connectivity index (χ0n) is 6.68. The molecule has 1 aromatic heterocycles. The van der Waals surface area contributed by atoms with Crippen LogP contribution in [0.5, 0.6) is 0 Å². The van der Waals surface area contributed by atoms with Gasteiger partial charge in [-0.3, -0.25) is 0 Å². The molecule has 0 bridgehead atoms. The predicted molar refractivity (Wildman–Crippen MR) is 45.7 cm³/mol. The number of nitrogen functional groups attached to an aromatic ring is 1. The quantitative estimate of drug-likeness (QED) is 0.708. The Hall–Kier alpha value is -1.91. The van der Waals surface area contributed by atoms with Crippen molar-refractivity contribution in [3.8, 4) is 5.69 Å². The SMILES string of the molecule is Nc1ncnn1-c1cccc(F)c1. The van der Waals surface area contributed by atoms with Crippen LogP contribution in [0.4, 0.5) is 10.3 Å². The fourth-order valence-electron chi connectivity index (χ4n) is 1.06. The Morgan fingerprint density at radius 3 is 2.85 bits per heavy atom. The maximum atomic E-state index is 12.8. The van der Waals surface area contributed by atoms with Crippen LogP contribution in [-0.4, -0.2) is 14.8 Å². The third kappa shape index (κ3) is 1.35. The molecular weight excluding hydrogens is 171 g/mol. The molecule has 0 atom stereocenters. The molecule has 1 aromatic carbocycles. The number of aromatic nitrogens is 3. The van der Waals surface area contributed by atoms with Crippen LogP contribution in [-0.2, 0) is 0 Å². The zero-order chi connectivity index (χ0) is 9.26. The maximum absolute atomic E-state index is 12.8. The Kier molecular flexibility index (Phi) is 1.70. The van der Waals surface area contributed by atoms with Crippen LogP contribution in [0.2, 0.25) is 0 Å². The second kappa shape index (κ2) is 2.85. The van der Waals surface area contributed by atoms with Gasteiger partial charge in [0.05, 0.1) is 5.69 Å². The first-order valence-corrected chi connectivity index (χ1v) is 3.69. The Morgan fingerprint density at radius 2 is 2.23 bits per heavy atom. The smallest absolute Gasteiger partial charge is 0.223 e. The number of halogens is 1. The Labute approximate surface area is 73.8 Å². The first-order chi connectivity index (χ1) is 6.27. The zero-order valence-corrected chi connectivity index (χ0v) is 6.68. The van der Waals surface area contributed by atoms with Crippen molar-refractivity contribution in [3.63, 3.8) is 0 Å². The number of rotatable bonds is 1. The van der Waals surface area contributed by atoms with Crippen molar-refractivity contribution in [1.29, 1.82) is 0 Å². The Morgan fingerprint density at radius 1 is 1.38 bits per heavy atom. The summed E-state index contributed by atoms with van der Waals surface area (Å²) in [6.45, 7) is 0. The molecule has 0 aliphatic carbocycles. The van der Waals surface area contributed by atoms with E-state index >= 15 is 0 Å². The molecule has 0 unspecified atom stereocenters. The van der Waals surface area contributed by atoms with E-state index in [0.717, 1.165) is 0 Å². The average molecular weight is 178 g/mol. The van der Waals surface area contributed by atoms with Gasteiger partial charge in [0, 0.05) is 0 Å². The van der Waals surface area contributed by atoms with Gasteiger partial charge in [0.25, 0.3) is 0 Å². The molecule has 0 aliphatic rings. The summed E-state index contributed by atoms with van der Waals surface area (Å²) < 4.78 is 14.2. The predicted octanol–water partition coefficient (Wildman–Crippen LogP) is 0.989. The van der Waals surface area contributed by atoms with E-state index < -0.39 is 0 Å². The molecule has 0 saturated heterocycles. The number of hydrogen-bond donors (Lipinski definition) is 1. The standard InChI is InChI=1S/C8H7FN4/c9-6-2-1-3-7(4-6)13-8(10)11-5-12-13/h1-5H,(H2,10,11,12). The topological polar surface area (TPSA) is 56.7 Å². The lowest BCUT2D eigenvalue weighted by Crippen LogP contribution is -2.02. The van der Waals surface area contributed by atoms with E-state index in [4.69, 9.17) is 5.73 Å². The lowest BCUT2D eigenvalue weighted by atomic mass is 10.3. The van der Waals surface area contributed by atoms with Crippen LogP contribution in [0.25, 0.3) is 5.69 Å². The highest BCUT2D eigenvalue weighted by atomic mass is 19.1. The number of hydrogen-bond acceptors (Lipinski definition) is 3. The summed E-state index contributed by atoms with van der Waals surface area (Å²) in [5.74, 6) is -0.0852. The van der Waals surface area contributed by atoms with Crippen molar-refractivity contribution in [3.05, 3.63) is 36.4 Å². The fraction of sp³-hybridized carbons (Fsp3) is 0. The summed E-state index contributed by atoms with van der Waals surface area (Å²) in [5, 5.41) is 3.84. The Balaban J connectivity index is 2.53. The van der Waals surface area contributed by atoms with Crippen molar-refractivity contribution in [2.45, 2.75) is 0 Å². The van der Waals surface area contributed by atoms with E-state index in [0.29, 0.717) is 5.69 Å². The third-order valence-corrected chi connectivity index (χ3v) is 1.63. The first kappa shape index (κ1) is 7.72. The van der Waals surface area contributed by atoms with E-state index in [2.05, 4.69) is 10.1 Å².